The Labute approximate surface area is 206 Å². The van der Waals surface area contributed by atoms with Crippen LogP contribution in [0.4, 0.5) is 10.5 Å². The summed E-state index contributed by atoms with van der Waals surface area (Å²) in [5.74, 6) is 1.94. The van der Waals surface area contributed by atoms with E-state index in [1.54, 1.807) is 42.6 Å². The van der Waals surface area contributed by atoms with Crippen molar-refractivity contribution in [3.63, 3.8) is 0 Å². The first-order valence-electron chi connectivity index (χ1n) is 11.3. The van der Waals surface area contributed by atoms with Crippen molar-refractivity contribution in [3.05, 3.63) is 47.6 Å². The van der Waals surface area contributed by atoms with E-state index in [2.05, 4.69) is 15.6 Å². The predicted octanol–water partition coefficient (Wildman–Crippen LogP) is 4.01. The molecule has 35 heavy (non-hydrogen) atoms. The second-order valence-electron chi connectivity index (χ2n) is 8.03. The molecule has 184 valence electrons. The number of pyridine rings is 1. The van der Waals surface area contributed by atoms with E-state index in [9.17, 15) is 4.79 Å². The van der Waals surface area contributed by atoms with Gasteiger partial charge in [-0.3, -0.25) is 10.7 Å². The molecule has 3 aromatic rings. The summed E-state index contributed by atoms with van der Waals surface area (Å²) in [6, 6.07) is 10.3. The molecule has 0 atom stereocenters. The number of aromatic nitrogens is 1. The van der Waals surface area contributed by atoms with Gasteiger partial charge < -0.3 is 34.3 Å². The third-order valence-corrected chi connectivity index (χ3v) is 5.71. The summed E-state index contributed by atoms with van der Waals surface area (Å²) in [6.45, 7) is 1.25. The summed E-state index contributed by atoms with van der Waals surface area (Å²) in [7, 11) is 0. The first kappa shape index (κ1) is 23.4. The van der Waals surface area contributed by atoms with Crippen molar-refractivity contribution in [2.75, 3.05) is 31.9 Å². The lowest BCUT2D eigenvalue weighted by Crippen LogP contribution is -2.30. The fraction of sp³-hybridized carbons (Fsp3) is 0.333. The standard InChI is InChI=1S/C24H25ClN4O6/c25-17-9-15(3-4-18(17)29-24(30)28-14-1-2-14)35-20-5-6-27-19-11-22(21(34-13-26)10-16(19)20)33-12-23-31-7-8-32-23/h3-6,9-11,14,23H,1-2,7-8,12-13,26H2,(H2,28,29,30). The van der Waals surface area contributed by atoms with Crippen molar-refractivity contribution >= 4 is 34.2 Å². The molecule has 0 radical (unpaired) electrons. The molecule has 2 fully saturated rings. The number of halogens is 1. The second-order valence-corrected chi connectivity index (χ2v) is 8.44. The summed E-state index contributed by atoms with van der Waals surface area (Å²) in [5.41, 5.74) is 6.75. The van der Waals surface area contributed by atoms with Gasteiger partial charge in [0.25, 0.3) is 0 Å². The van der Waals surface area contributed by atoms with E-state index in [-0.39, 0.29) is 25.4 Å². The number of amides is 2. The predicted molar refractivity (Wildman–Crippen MR) is 129 cm³/mol. The van der Waals surface area contributed by atoms with Gasteiger partial charge in [-0.05, 0) is 37.1 Å². The molecule has 1 saturated carbocycles. The number of urea groups is 1. The SMILES string of the molecule is NCOc1cc2c(Oc3ccc(NC(=O)NC4CC4)c(Cl)c3)ccnc2cc1OCC1OCCO1. The quantitative estimate of drug-likeness (QED) is 0.376. The van der Waals surface area contributed by atoms with E-state index in [1.165, 1.54) is 0 Å². The normalized spacial score (nSPS) is 15.7. The highest BCUT2D eigenvalue weighted by molar-refractivity contribution is 6.33. The smallest absolute Gasteiger partial charge is 0.319 e. The van der Waals surface area contributed by atoms with E-state index in [1.807, 2.05) is 0 Å². The van der Waals surface area contributed by atoms with Crippen LogP contribution in [0, 0.1) is 0 Å². The maximum absolute atomic E-state index is 12.0. The van der Waals surface area contributed by atoms with Gasteiger partial charge in [0, 0.05) is 29.8 Å². The summed E-state index contributed by atoms with van der Waals surface area (Å²) < 4.78 is 28.4. The molecule has 11 heteroatoms. The molecule has 1 aromatic heterocycles. The van der Waals surface area contributed by atoms with Crippen molar-refractivity contribution in [1.82, 2.24) is 10.3 Å². The molecule has 0 bridgehead atoms. The van der Waals surface area contributed by atoms with Crippen molar-refractivity contribution in [2.45, 2.75) is 25.2 Å². The van der Waals surface area contributed by atoms with Crippen LogP contribution in [0.1, 0.15) is 12.8 Å². The number of nitrogens with one attached hydrogen (secondary N) is 2. The Morgan fingerprint density at radius 3 is 2.63 bits per heavy atom. The average Bonchev–Trinajstić information content (AvgIpc) is 3.49. The summed E-state index contributed by atoms with van der Waals surface area (Å²) >= 11 is 6.38. The maximum atomic E-state index is 12.0. The number of benzene rings is 2. The van der Waals surface area contributed by atoms with Gasteiger partial charge in [-0.15, -0.1) is 0 Å². The van der Waals surface area contributed by atoms with Gasteiger partial charge in [0.15, 0.2) is 17.8 Å². The number of ether oxygens (including phenoxy) is 5. The second kappa shape index (κ2) is 10.5. The van der Waals surface area contributed by atoms with Crippen LogP contribution >= 0.6 is 11.6 Å². The van der Waals surface area contributed by atoms with Gasteiger partial charge in [0.1, 0.15) is 24.8 Å². The molecule has 1 saturated heterocycles. The molecule has 0 spiro atoms. The van der Waals surface area contributed by atoms with Crippen LogP contribution in [0.15, 0.2) is 42.6 Å². The van der Waals surface area contributed by atoms with Crippen LogP contribution < -0.4 is 30.6 Å². The van der Waals surface area contributed by atoms with Crippen molar-refractivity contribution in [2.24, 2.45) is 5.73 Å². The highest BCUT2D eigenvalue weighted by Crippen LogP contribution is 2.38. The molecule has 1 aliphatic heterocycles. The number of hydrogen-bond acceptors (Lipinski definition) is 8. The minimum Gasteiger partial charge on any atom is -0.484 e. The minimum atomic E-state index is -0.430. The first-order chi connectivity index (χ1) is 17.1. The third-order valence-electron chi connectivity index (χ3n) is 5.40. The maximum Gasteiger partial charge on any atom is 0.319 e. The number of nitrogens with two attached hydrogens (primary N) is 1. The molecule has 4 N–H and O–H groups in total. The van der Waals surface area contributed by atoms with Crippen LogP contribution in [0.2, 0.25) is 5.02 Å². The molecule has 2 heterocycles. The number of fused-ring (bicyclic) bond motifs is 1. The first-order valence-corrected chi connectivity index (χ1v) is 11.6. The Balaban J connectivity index is 1.35. The van der Waals surface area contributed by atoms with Crippen LogP contribution in [-0.4, -0.2) is 49.9 Å². The Morgan fingerprint density at radius 2 is 1.89 bits per heavy atom. The van der Waals surface area contributed by atoms with Crippen LogP contribution in [0.3, 0.4) is 0 Å². The zero-order chi connectivity index (χ0) is 24.2. The highest BCUT2D eigenvalue weighted by Gasteiger charge is 2.23. The van der Waals surface area contributed by atoms with E-state index in [0.717, 1.165) is 12.8 Å². The lowest BCUT2D eigenvalue weighted by Gasteiger charge is -2.16. The molecule has 1 aliphatic carbocycles. The number of hydrogen-bond donors (Lipinski definition) is 3. The van der Waals surface area contributed by atoms with E-state index in [4.69, 9.17) is 41.0 Å². The minimum absolute atomic E-state index is 0.0346. The zero-order valence-electron chi connectivity index (χ0n) is 18.8. The monoisotopic (exact) mass is 500 g/mol. The largest absolute Gasteiger partial charge is 0.484 e. The topological polar surface area (TPSA) is 126 Å². The fourth-order valence-electron chi connectivity index (χ4n) is 3.55. The molecule has 2 aromatic carbocycles. The highest BCUT2D eigenvalue weighted by atomic mass is 35.5. The third kappa shape index (κ3) is 5.85. The van der Waals surface area contributed by atoms with Gasteiger partial charge in [-0.2, -0.15) is 0 Å². The molecule has 10 nitrogen and oxygen atoms in total. The van der Waals surface area contributed by atoms with Crippen molar-refractivity contribution in [1.29, 1.82) is 0 Å². The van der Waals surface area contributed by atoms with Gasteiger partial charge >= 0.3 is 6.03 Å². The fourth-order valence-corrected chi connectivity index (χ4v) is 3.77. The lowest BCUT2D eigenvalue weighted by molar-refractivity contribution is -0.0687. The van der Waals surface area contributed by atoms with Gasteiger partial charge in [0.2, 0.25) is 0 Å². The van der Waals surface area contributed by atoms with Crippen LogP contribution in [0.25, 0.3) is 10.9 Å². The molecule has 0 unspecified atom stereocenters. The lowest BCUT2D eigenvalue weighted by atomic mass is 10.1. The average molecular weight is 501 g/mol. The summed E-state index contributed by atoms with van der Waals surface area (Å²) in [5, 5.41) is 6.66. The van der Waals surface area contributed by atoms with Gasteiger partial charge in [0.05, 0.1) is 29.4 Å². The number of carbonyl (C=O) groups excluding carboxylic acids is 1. The molecular weight excluding hydrogens is 476 g/mol. The Bertz CT molecular complexity index is 1220. The summed E-state index contributed by atoms with van der Waals surface area (Å²) in [6.07, 6.45) is 3.21. The number of nitrogens with zero attached hydrogens (tertiary/aromatic N) is 1. The van der Waals surface area contributed by atoms with Crippen molar-refractivity contribution in [3.8, 4) is 23.0 Å². The van der Waals surface area contributed by atoms with Crippen LogP contribution in [0.5, 0.6) is 23.0 Å². The number of rotatable bonds is 9. The Hall–Kier alpha value is -3.31. The molecule has 5 rings (SSSR count). The number of anilines is 1. The molecule has 2 amide bonds. The van der Waals surface area contributed by atoms with Gasteiger partial charge in [-0.25, -0.2) is 4.79 Å². The molecular formula is C24H25ClN4O6. The van der Waals surface area contributed by atoms with E-state index >= 15 is 0 Å². The van der Waals surface area contributed by atoms with Gasteiger partial charge in [-0.1, -0.05) is 11.6 Å². The van der Waals surface area contributed by atoms with Crippen LogP contribution in [-0.2, 0) is 9.47 Å². The Kier molecular flexibility index (Phi) is 7.05. The molecule has 2 aliphatic rings. The van der Waals surface area contributed by atoms with E-state index < -0.39 is 6.29 Å². The van der Waals surface area contributed by atoms with E-state index in [0.29, 0.717) is 57.8 Å². The Morgan fingerprint density at radius 1 is 1.09 bits per heavy atom. The van der Waals surface area contributed by atoms with Crippen molar-refractivity contribution < 1.29 is 28.5 Å². The summed E-state index contributed by atoms with van der Waals surface area (Å²) in [4.78, 5) is 16.4. The zero-order valence-corrected chi connectivity index (χ0v) is 19.5. The number of carbonyl (C=O) groups is 1.